The second-order valence-corrected chi connectivity index (χ2v) is 6.95. The van der Waals surface area contributed by atoms with Crippen molar-refractivity contribution >= 4 is 46.8 Å². The number of hydrogen-bond donors (Lipinski definition) is 2. The minimum atomic E-state index is -0.386. The lowest BCUT2D eigenvalue weighted by Gasteiger charge is -2.07. The molecular formula is C22H18ClN3O2S. The summed E-state index contributed by atoms with van der Waals surface area (Å²) in [7, 11) is 0. The SMILES string of the molecule is Cc1ccccc1C(=O)Oc1ccc(/C=N\NC(=S)Nc2cccc(Cl)c2)cc1. The number of hydrogen-bond acceptors (Lipinski definition) is 4. The number of rotatable bonds is 5. The summed E-state index contributed by atoms with van der Waals surface area (Å²) in [5.74, 6) is 0.0742. The molecule has 0 aliphatic rings. The molecule has 0 fully saturated rings. The average Bonchev–Trinajstić information content (AvgIpc) is 2.69. The van der Waals surface area contributed by atoms with Crippen LogP contribution in [0.1, 0.15) is 21.5 Å². The Morgan fingerprint density at radius 3 is 2.55 bits per heavy atom. The number of nitrogens with one attached hydrogen (secondary N) is 2. The Labute approximate surface area is 179 Å². The van der Waals surface area contributed by atoms with Crippen LogP contribution in [0.5, 0.6) is 5.75 Å². The van der Waals surface area contributed by atoms with Crippen molar-refractivity contribution in [3.63, 3.8) is 0 Å². The molecular weight excluding hydrogens is 406 g/mol. The predicted molar refractivity (Wildman–Crippen MR) is 121 cm³/mol. The number of aryl methyl sites for hydroxylation is 1. The summed E-state index contributed by atoms with van der Waals surface area (Å²) in [6.45, 7) is 1.87. The van der Waals surface area contributed by atoms with Gasteiger partial charge >= 0.3 is 5.97 Å². The number of nitrogens with zero attached hydrogens (tertiary/aromatic N) is 1. The van der Waals surface area contributed by atoms with Gasteiger partial charge in [0, 0.05) is 10.7 Å². The maximum Gasteiger partial charge on any atom is 0.343 e. The zero-order chi connectivity index (χ0) is 20.6. The number of esters is 1. The van der Waals surface area contributed by atoms with Gasteiger partial charge in [-0.3, -0.25) is 5.43 Å². The molecule has 0 amide bonds. The van der Waals surface area contributed by atoms with E-state index in [0.29, 0.717) is 21.4 Å². The van der Waals surface area contributed by atoms with Crippen LogP contribution < -0.4 is 15.5 Å². The van der Waals surface area contributed by atoms with Gasteiger partial charge in [-0.25, -0.2) is 4.79 Å². The number of carbonyl (C=O) groups is 1. The van der Waals surface area contributed by atoms with Gasteiger partial charge in [-0.05, 0) is 78.8 Å². The molecule has 29 heavy (non-hydrogen) atoms. The number of anilines is 1. The Morgan fingerprint density at radius 2 is 1.83 bits per heavy atom. The van der Waals surface area contributed by atoms with Gasteiger partial charge in [0.2, 0.25) is 0 Å². The van der Waals surface area contributed by atoms with Gasteiger partial charge in [0.25, 0.3) is 0 Å². The molecule has 0 aliphatic carbocycles. The van der Waals surface area contributed by atoms with E-state index in [4.69, 9.17) is 28.6 Å². The van der Waals surface area contributed by atoms with E-state index in [9.17, 15) is 4.79 Å². The van der Waals surface area contributed by atoms with Crippen molar-refractivity contribution < 1.29 is 9.53 Å². The van der Waals surface area contributed by atoms with Gasteiger partial charge in [0.05, 0.1) is 11.8 Å². The van der Waals surface area contributed by atoms with E-state index >= 15 is 0 Å². The van der Waals surface area contributed by atoms with Crippen molar-refractivity contribution in [2.24, 2.45) is 5.10 Å². The molecule has 0 spiro atoms. The van der Waals surface area contributed by atoms with E-state index in [-0.39, 0.29) is 5.97 Å². The third kappa shape index (κ3) is 6.14. The van der Waals surface area contributed by atoms with Gasteiger partial charge in [0.1, 0.15) is 5.75 Å². The number of halogens is 1. The Hall–Kier alpha value is -3.22. The Bertz CT molecular complexity index is 1050. The molecule has 0 heterocycles. The largest absolute Gasteiger partial charge is 0.423 e. The first-order valence-corrected chi connectivity index (χ1v) is 9.53. The van der Waals surface area contributed by atoms with Crippen LogP contribution in [-0.4, -0.2) is 17.3 Å². The normalized spacial score (nSPS) is 10.6. The lowest BCUT2D eigenvalue weighted by Crippen LogP contribution is -2.23. The Balaban J connectivity index is 1.53. The minimum absolute atomic E-state index is 0.340. The number of thiocarbonyl (C=S) groups is 1. The highest BCUT2D eigenvalue weighted by atomic mass is 35.5. The molecule has 7 heteroatoms. The second kappa shape index (κ2) is 9.82. The fourth-order valence-electron chi connectivity index (χ4n) is 2.48. The number of carbonyl (C=O) groups excluding carboxylic acids is 1. The van der Waals surface area contributed by atoms with Crippen LogP contribution in [0.4, 0.5) is 5.69 Å². The molecule has 146 valence electrons. The quantitative estimate of drug-likeness (QED) is 0.194. The third-order valence-electron chi connectivity index (χ3n) is 3.92. The van der Waals surface area contributed by atoms with Crippen LogP contribution in [0.2, 0.25) is 5.02 Å². The fraction of sp³-hybridized carbons (Fsp3) is 0.0455. The van der Waals surface area contributed by atoms with Gasteiger partial charge in [-0.15, -0.1) is 0 Å². The van der Waals surface area contributed by atoms with Gasteiger partial charge in [0.15, 0.2) is 5.11 Å². The zero-order valence-electron chi connectivity index (χ0n) is 15.6. The highest BCUT2D eigenvalue weighted by molar-refractivity contribution is 7.80. The molecule has 0 radical (unpaired) electrons. The molecule has 0 aliphatic heterocycles. The zero-order valence-corrected chi connectivity index (χ0v) is 17.1. The average molecular weight is 424 g/mol. The maximum atomic E-state index is 12.2. The Kier molecular flexibility index (Phi) is 6.94. The number of benzene rings is 3. The minimum Gasteiger partial charge on any atom is -0.423 e. The molecule has 3 aromatic carbocycles. The summed E-state index contributed by atoms with van der Waals surface area (Å²) >= 11 is 11.1. The maximum absolute atomic E-state index is 12.2. The van der Waals surface area contributed by atoms with E-state index in [2.05, 4.69) is 15.8 Å². The first-order chi connectivity index (χ1) is 14.0. The monoisotopic (exact) mass is 423 g/mol. The van der Waals surface area contributed by atoms with Crippen LogP contribution >= 0.6 is 23.8 Å². The smallest absolute Gasteiger partial charge is 0.343 e. The third-order valence-corrected chi connectivity index (χ3v) is 4.35. The van der Waals surface area contributed by atoms with E-state index in [0.717, 1.165) is 16.8 Å². The molecule has 5 nitrogen and oxygen atoms in total. The van der Waals surface area contributed by atoms with Crippen molar-refractivity contribution in [1.29, 1.82) is 0 Å². The molecule has 0 unspecified atom stereocenters. The topological polar surface area (TPSA) is 62.7 Å². The predicted octanol–water partition coefficient (Wildman–Crippen LogP) is 5.19. The summed E-state index contributed by atoms with van der Waals surface area (Å²) in [4.78, 5) is 12.2. The second-order valence-electron chi connectivity index (χ2n) is 6.11. The summed E-state index contributed by atoms with van der Waals surface area (Å²) in [6, 6.07) is 21.5. The fourth-order valence-corrected chi connectivity index (χ4v) is 2.84. The highest BCUT2D eigenvalue weighted by Gasteiger charge is 2.10. The number of hydrazone groups is 1. The van der Waals surface area contributed by atoms with Crippen molar-refractivity contribution in [1.82, 2.24) is 5.43 Å². The van der Waals surface area contributed by atoms with E-state index < -0.39 is 0 Å². The van der Waals surface area contributed by atoms with Crippen LogP contribution in [0.3, 0.4) is 0 Å². The lowest BCUT2D eigenvalue weighted by molar-refractivity contribution is 0.0734. The lowest BCUT2D eigenvalue weighted by atomic mass is 10.1. The van der Waals surface area contributed by atoms with E-state index in [1.165, 1.54) is 0 Å². The number of ether oxygens (including phenoxy) is 1. The van der Waals surface area contributed by atoms with Crippen LogP contribution in [0.15, 0.2) is 77.9 Å². The first kappa shape index (κ1) is 20.5. The van der Waals surface area contributed by atoms with Gasteiger partial charge in [-0.1, -0.05) is 35.9 Å². The first-order valence-electron chi connectivity index (χ1n) is 8.75. The molecule has 0 aromatic heterocycles. The highest BCUT2D eigenvalue weighted by Crippen LogP contribution is 2.16. The standard InChI is InChI=1S/C22H18ClN3O2S/c1-15-5-2-3-8-20(15)21(27)28-19-11-9-16(10-12-19)14-24-26-22(29)25-18-7-4-6-17(23)13-18/h2-14H,1H3,(H2,25,26,29)/b24-14-. The van der Waals surface area contributed by atoms with E-state index in [1.54, 1.807) is 48.7 Å². The summed E-state index contributed by atoms with van der Waals surface area (Å²) in [5, 5.41) is 8.03. The molecule has 3 aromatic rings. The molecule has 0 bridgehead atoms. The molecule has 0 saturated heterocycles. The Morgan fingerprint density at radius 1 is 1.07 bits per heavy atom. The van der Waals surface area contributed by atoms with Crippen molar-refractivity contribution in [3.05, 3.63) is 94.5 Å². The molecule has 3 rings (SSSR count). The van der Waals surface area contributed by atoms with Crippen LogP contribution in [-0.2, 0) is 0 Å². The van der Waals surface area contributed by atoms with Gasteiger partial charge < -0.3 is 10.1 Å². The summed E-state index contributed by atoms with van der Waals surface area (Å²) in [6.07, 6.45) is 1.61. The summed E-state index contributed by atoms with van der Waals surface area (Å²) in [5.41, 5.74) is 5.74. The van der Waals surface area contributed by atoms with Crippen molar-refractivity contribution in [2.75, 3.05) is 5.32 Å². The molecule has 2 N–H and O–H groups in total. The summed E-state index contributed by atoms with van der Waals surface area (Å²) < 4.78 is 5.41. The van der Waals surface area contributed by atoms with Crippen LogP contribution in [0.25, 0.3) is 0 Å². The van der Waals surface area contributed by atoms with Crippen LogP contribution in [0, 0.1) is 6.92 Å². The molecule has 0 atom stereocenters. The van der Waals surface area contributed by atoms with E-state index in [1.807, 2.05) is 37.3 Å². The molecule has 0 saturated carbocycles. The van der Waals surface area contributed by atoms with Crippen molar-refractivity contribution in [2.45, 2.75) is 6.92 Å². The van der Waals surface area contributed by atoms with Gasteiger partial charge in [-0.2, -0.15) is 5.10 Å². The van der Waals surface area contributed by atoms with Crippen molar-refractivity contribution in [3.8, 4) is 5.75 Å².